The van der Waals surface area contributed by atoms with Crippen molar-refractivity contribution in [3.05, 3.63) is 0 Å². The van der Waals surface area contributed by atoms with Crippen LogP contribution in [0.25, 0.3) is 0 Å². The lowest BCUT2D eigenvalue weighted by atomic mass is 9.83. The molecule has 0 aliphatic heterocycles. The predicted octanol–water partition coefficient (Wildman–Crippen LogP) is 2.72. The predicted molar refractivity (Wildman–Crippen MR) is 75.8 cm³/mol. The van der Waals surface area contributed by atoms with Crippen LogP contribution in [0.5, 0.6) is 0 Å². The van der Waals surface area contributed by atoms with Crippen molar-refractivity contribution >= 4 is 0 Å². The van der Waals surface area contributed by atoms with Crippen molar-refractivity contribution < 1.29 is 9.84 Å². The van der Waals surface area contributed by atoms with Crippen LogP contribution in [0.4, 0.5) is 0 Å². The molecule has 1 aliphatic carbocycles. The number of hydrogen-bond donors (Lipinski definition) is 2. The lowest BCUT2D eigenvalue weighted by Crippen LogP contribution is -2.42. The van der Waals surface area contributed by atoms with Crippen molar-refractivity contribution in [1.29, 1.82) is 0 Å². The fraction of sp³-hybridized carbons (Fsp3) is 1.00. The molecule has 0 saturated heterocycles. The molecule has 0 amide bonds. The van der Waals surface area contributed by atoms with Crippen LogP contribution in [0.2, 0.25) is 0 Å². The van der Waals surface area contributed by atoms with Crippen molar-refractivity contribution in [2.24, 2.45) is 5.92 Å². The Labute approximate surface area is 112 Å². The van der Waals surface area contributed by atoms with Gasteiger partial charge in [-0.2, -0.15) is 0 Å². The molecule has 0 aromatic rings. The minimum Gasteiger partial charge on any atom is -0.389 e. The highest BCUT2D eigenvalue weighted by Gasteiger charge is 2.22. The number of aliphatic hydroxyl groups excluding tert-OH is 1. The third kappa shape index (κ3) is 6.17. The van der Waals surface area contributed by atoms with E-state index in [1.54, 1.807) is 0 Å². The fourth-order valence-electron chi connectivity index (χ4n) is 2.83. The van der Waals surface area contributed by atoms with Crippen LogP contribution in [0.1, 0.15) is 59.3 Å². The summed E-state index contributed by atoms with van der Waals surface area (Å²) < 4.78 is 5.43. The minimum absolute atomic E-state index is 0.194. The topological polar surface area (TPSA) is 41.5 Å². The highest BCUT2D eigenvalue weighted by atomic mass is 16.5. The molecule has 0 aromatic heterocycles. The van der Waals surface area contributed by atoms with Crippen LogP contribution in [-0.2, 0) is 4.74 Å². The second-order valence-corrected chi connectivity index (χ2v) is 5.86. The van der Waals surface area contributed by atoms with E-state index in [0.29, 0.717) is 19.2 Å². The normalized spacial score (nSPS) is 21.2. The molecule has 2 N–H and O–H groups in total. The standard InChI is InChI=1S/C15H31NO2/c1-4-15(13-8-6-5-7-9-13)16-10-14(17)11-18-12(2)3/h12-17H,4-11H2,1-3H3. The summed E-state index contributed by atoms with van der Waals surface area (Å²) in [6.45, 7) is 7.32. The Balaban J connectivity index is 2.21. The molecule has 1 saturated carbocycles. The van der Waals surface area contributed by atoms with E-state index in [0.717, 1.165) is 12.3 Å². The third-order valence-corrected chi connectivity index (χ3v) is 3.90. The number of ether oxygens (including phenoxy) is 1. The highest BCUT2D eigenvalue weighted by molar-refractivity contribution is 4.79. The Bertz CT molecular complexity index is 203. The average molecular weight is 257 g/mol. The van der Waals surface area contributed by atoms with E-state index in [2.05, 4.69) is 12.2 Å². The molecular weight excluding hydrogens is 226 g/mol. The van der Waals surface area contributed by atoms with Crippen molar-refractivity contribution in [3.63, 3.8) is 0 Å². The lowest BCUT2D eigenvalue weighted by Gasteiger charge is -2.31. The van der Waals surface area contributed by atoms with Gasteiger partial charge in [0.25, 0.3) is 0 Å². The molecule has 0 bridgehead atoms. The summed E-state index contributed by atoms with van der Waals surface area (Å²) in [6.07, 6.45) is 7.82. The van der Waals surface area contributed by atoms with Gasteiger partial charge in [-0.3, -0.25) is 0 Å². The first-order chi connectivity index (χ1) is 8.63. The van der Waals surface area contributed by atoms with Crippen molar-refractivity contribution in [2.45, 2.75) is 77.5 Å². The quantitative estimate of drug-likeness (QED) is 0.702. The molecule has 2 atom stereocenters. The van der Waals surface area contributed by atoms with Crippen LogP contribution in [0.3, 0.4) is 0 Å². The van der Waals surface area contributed by atoms with E-state index < -0.39 is 0 Å². The van der Waals surface area contributed by atoms with Crippen molar-refractivity contribution in [1.82, 2.24) is 5.32 Å². The van der Waals surface area contributed by atoms with E-state index >= 15 is 0 Å². The van der Waals surface area contributed by atoms with E-state index in [9.17, 15) is 5.11 Å². The van der Waals surface area contributed by atoms with E-state index in [1.165, 1.54) is 32.1 Å². The zero-order chi connectivity index (χ0) is 13.4. The van der Waals surface area contributed by atoms with Gasteiger partial charge < -0.3 is 15.2 Å². The zero-order valence-corrected chi connectivity index (χ0v) is 12.3. The first-order valence-corrected chi connectivity index (χ1v) is 7.66. The first-order valence-electron chi connectivity index (χ1n) is 7.66. The van der Waals surface area contributed by atoms with Gasteiger partial charge in [0.15, 0.2) is 0 Å². The Morgan fingerprint density at radius 2 is 1.89 bits per heavy atom. The van der Waals surface area contributed by atoms with Gasteiger partial charge in [0.2, 0.25) is 0 Å². The summed E-state index contributed by atoms with van der Waals surface area (Å²) >= 11 is 0. The first kappa shape index (κ1) is 15.9. The molecule has 18 heavy (non-hydrogen) atoms. The van der Waals surface area contributed by atoms with Gasteiger partial charge in [-0.1, -0.05) is 26.2 Å². The molecule has 1 rings (SSSR count). The van der Waals surface area contributed by atoms with Gasteiger partial charge in [-0.05, 0) is 39.0 Å². The molecule has 2 unspecified atom stereocenters. The van der Waals surface area contributed by atoms with Crippen LogP contribution < -0.4 is 5.32 Å². The molecule has 1 fully saturated rings. The summed E-state index contributed by atoms with van der Waals surface area (Å²) in [7, 11) is 0. The van der Waals surface area contributed by atoms with Gasteiger partial charge >= 0.3 is 0 Å². The molecule has 108 valence electrons. The third-order valence-electron chi connectivity index (χ3n) is 3.90. The van der Waals surface area contributed by atoms with Crippen molar-refractivity contribution in [2.75, 3.05) is 13.2 Å². The summed E-state index contributed by atoms with van der Waals surface area (Å²) in [4.78, 5) is 0. The Kier molecular flexibility index (Phi) is 7.87. The lowest BCUT2D eigenvalue weighted by molar-refractivity contribution is 0.00438. The molecule has 0 radical (unpaired) electrons. The minimum atomic E-state index is -0.384. The van der Waals surface area contributed by atoms with Crippen LogP contribution >= 0.6 is 0 Å². The summed E-state index contributed by atoms with van der Waals surface area (Å²) in [5.74, 6) is 0.807. The van der Waals surface area contributed by atoms with Crippen LogP contribution in [0.15, 0.2) is 0 Å². The molecule has 0 aromatic carbocycles. The molecule has 3 nitrogen and oxygen atoms in total. The molecule has 0 heterocycles. The van der Waals surface area contributed by atoms with E-state index in [4.69, 9.17) is 4.74 Å². The van der Waals surface area contributed by atoms with Crippen LogP contribution in [-0.4, -0.2) is 36.5 Å². The van der Waals surface area contributed by atoms with Gasteiger partial charge in [-0.15, -0.1) is 0 Å². The Hall–Kier alpha value is -0.120. The molecule has 3 heteroatoms. The fourth-order valence-corrected chi connectivity index (χ4v) is 2.83. The Morgan fingerprint density at radius 1 is 1.22 bits per heavy atom. The SMILES string of the molecule is CCC(NCC(O)COC(C)C)C1CCCCC1. The second kappa shape index (κ2) is 8.89. The number of aliphatic hydroxyl groups is 1. The maximum absolute atomic E-state index is 9.85. The van der Waals surface area contributed by atoms with Gasteiger partial charge in [0, 0.05) is 12.6 Å². The molecule has 0 spiro atoms. The van der Waals surface area contributed by atoms with Crippen LogP contribution in [0, 0.1) is 5.92 Å². The molecule has 1 aliphatic rings. The highest BCUT2D eigenvalue weighted by Crippen LogP contribution is 2.27. The van der Waals surface area contributed by atoms with E-state index in [-0.39, 0.29) is 12.2 Å². The van der Waals surface area contributed by atoms with Gasteiger partial charge in [0.1, 0.15) is 0 Å². The van der Waals surface area contributed by atoms with Gasteiger partial charge in [0.05, 0.1) is 18.8 Å². The Morgan fingerprint density at radius 3 is 2.44 bits per heavy atom. The molecular formula is C15H31NO2. The second-order valence-electron chi connectivity index (χ2n) is 5.86. The largest absolute Gasteiger partial charge is 0.389 e. The smallest absolute Gasteiger partial charge is 0.0897 e. The number of nitrogens with one attached hydrogen (secondary N) is 1. The summed E-state index contributed by atoms with van der Waals surface area (Å²) in [6, 6.07) is 0.569. The van der Waals surface area contributed by atoms with Crippen molar-refractivity contribution in [3.8, 4) is 0 Å². The van der Waals surface area contributed by atoms with Gasteiger partial charge in [-0.25, -0.2) is 0 Å². The maximum Gasteiger partial charge on any atom is 0.0897 e. The average Bonchev–Trinajstić information content (AvgIpc) is 2.38. The summed E-state index contributed by atoms with van der Waals surface area (Å²) in [5.41, 5.74) is 0. The number of rotatable bonds is 8. The van der Waals surface area contributed by atoms with E-state index in [1.807, 2.05) is 13.8 Å². The zero-order valence-electron chi connectivity index (χ0n) is 12.3. The summed E-state index contributed by atoms with van der Waals surface area (Å²) in [5, 5.41) is 13.4. The number of hydrogen-bond acceptors (Lipinski definition) is 3. The maximum atomic E-state index is 9.85. The monoisotopic (exact) mass is 257 g/mol.